The first kappa shape index (κ1) is 16.7. The zero-order valence-electron chi connectivity index (χ0n) is 13.4. The highest BCUT2D eigenvalue weighted by Crippen LogP contribution is 2.22. The minimum absolute atomic E-state index is 0.131. The highest BCUT2D eigenvalue weighted by atomic mass is 16.6. The number of ether oxygens (including phenoxy) is 2. The van der Waals surface area contributed by atoms with Crippen LogP contribution < -0.4 is 0 Å². The van der Waals surface area contributed by atoms with Gasteiger partial charge in [0.2, 0.25) is 0 Å². The number of aromatic nitrogens is 1. The Hall–Kier alpha value is -1.66. The van der Waals surface area contributed by atoms with E-state index in [1.165, 1.54) is 6.20 Å². The second-order valence-electron chi connectivity index (χ2n) is 6.44. The van der Waals surface area contributed by atoms with E-state index in [4.69, 9.17) is 9.47 Å². The molecule has 1 atom stereocenters. The summed E-state index contributed by atoms with van der Waals surface area (Å²) in [5.41, 5.74) is 0.348. The summed E-state index contributed by atoms with van der Waals surface area (Å²) in [6, 6.07) is 3.36. The van der Waals surface area contributed by atoms with Crippen LogP contribution in [0.5, 0.6) is 5.75 Å². The Morgan fingerprint density at radius 2 is 2.27 bits per heavy atom. The number of esters is 1. The van der Waals surface area contributed by atoms with Gasteiger partial charge < -0.3 is 14.6 Å². The molecule has 1 N–H and O–H groups in total. The number of carbonyl (C=O) groups excluding carboxylic acids is 1. The van der Waals surface area contributed by atoms with Crippen molar-refractivity contribution in [1.29, 1.82) is 0 Å². The number of carbonyl (C=O) groups is 1. The summed E-state index contributed by atoms with van der Waals surface area (Å²) in [5, 5.41) is 9.28. The minimum atomic E-state index is -0.444. The van der Waals surface area contributed by atoms with Crippen molar-refractivity contribution in [3.63, 3.8) is 0 Å². The third-order valence-electron chi connectivity index (χ3n) is 3.30. The Kier molecular flexibility index (Phi) is 5.37. The van der Waals surface area contributed by atoms with Gasteiger partial charge in [0.05, 0.1) is 24.9 Å². The van der Waals surface area contributed by atoms with Gasteiger partial charge in [-0.2, -0.15) is 0 Å². The molecule has 0 bridgehead atoms. The van der Waals surface area contributed by atoms with Crippen molar-refractivity contribution < 1.29 is 19.4 Å². The fourth-order valence-electron chi connectivity index (χ4n) is 2.31. The van der Waals surface area contributed by atoms with Crippen LogP contribution >= 0.6 is 0 Å². The molecule has 1 aliphatic rings. The first-order valence-corrected chi connectivity index (χ1v) is 7.54. The van der Waals surface area contributed by atoms with Gasteiger partial charge >= 0.3 is 5.97 Å². The molecule has 1 fully saturated rings. The van der Waals surface area contributed by atoms with Gasteiger partial charge in [-0.05, 0) is 32.9 Å². The van der Waals surface area contributed by atoms with Gasteiger partial charge in [0.25, 0.3) is 0 Å². The molecule has 6 heteroatoms. The molecule has 0 amide bonds. The van der Waals surface area contributed by atoms with E-state index in [-0.39, 0.29) is 17.8 Å². The summed E-state index contributed by atoms with van der Waals surface area (Å²) in [5.74, 6) is -0.0420. The van der Waals surface area contributed by atoms with Crippen LogP contribution in [0.25, 0.3) is 0 Å². The molecule has 6 nitrogen and oxygen atoms in total. The SMILES string of the molecule is CC(C)(C)OC(=O)CCN1CCOC(c2ccc(O)cn2)C1. The number of rotatable bonds is 4. The van der Waals surface area contributed by atoms with Crippen LogP contribution in [-0.2, 0) is 14.3 Å². The van der Waals surface area contributed by atoms with E-state index in [1.807, 2.05) is 20.8 Å². The standard InChI is InChI=1S/C16H24N2O4/c1-16(2,3)22-15(20)6-7-18-8-9-21-14(11-18)13-5-4-12(19)10-17-13/h4-5,10,14,19H,6-9,11H2,1-3H3. The van der Waals surface area contributed by atoms with Gasteiger partial charge in [0.1, 0.15) is 17.5 Å². The summed E-state index contributed by atoms with van der Waals surface area (Å²) >= 11 is 0. The lowest BCUT2D eigenvalue weighted by Gasteiger charge is -2.32. The minimum Gasteiger partial charge on any atom is -0.506 e. The van der Waals surface area contributed by atoms with Crippen molar-refractivity contribution >= 4 is 5.97 Å². The van der Waals surface area contributed by atoms with Gasteiger partial charge in [-0.25, -0.2) is 0 Å². The Morgan fingerprint density at radius 3 is 2.91 bits per heavy atom. The summed E-state index contributed by atoms with van der Waals surface area (Å²) in [6.45, 7) is 8.32. The van der Waals surface area contributed by atoms with Crippen molar-refractivity contribution in [3.05, 3.63) is 24.0 Å². The van der Waals surface area contributed by atoms with Crippen molar-refractivity contribution in [2.45, 2.75) is 38.9 Å². The molecule has 0 aliphatic carbocycles. The second-order valence-corrected chi connectivity index (χ2v) is 6.44. The van der Waals surface area contributed by atoms with Crippen molar-refractivity contribution in [2.75, 3.05) is 26.2 Å². The van der Waals surface area contributed by atoms with E-state index in [0.717, 1.165) is 12.2 Å². The normalized spacial score (nSPS) is 19.9. The molecule has 122 valence electrons. The summed E-state index contributed by atoms with van der Waals surface area (Å²) in [6.07, 6.45) is 1.65. The molecule has 0 aromatic carbocycles. The topological polar surface area (TPSA) is 71.9 Å². The van der Waals surface area contributed by atoms with Gasteiger partial charge in [-0.1, -0.05) is 0 Å². The number of pyridine rings is 1. The van der Waals surface area contributed by atoms with E-state index < -0.39 is 5.60 Å². The smallest absolute Gasteiger partial charge is 0.307 e. The van der Waals surface area contributed by atoms with Gasteiger partial charge in [0, 0.05) is 19.6 Å². The van der Waals surface area contributed by atoms with Crippen LogP contribution in [0.4, 0.5) is 0 Å². The molecule has 0 radical (unpaired) electrons. The molecule has 2 heterocycles. The van der Waals surface area contributed by atoms with Crippen molar-refractivity contribution in [3.8, 4) is 5.75 Å². The van der Waals surface area contributed by atoms with E-state index in [9.17, 15) is 9.90 Å². The molecule has 1 saturated heterocycles. The molecule has 1 aromatic rings. The number of hydrogen-bond donors (Lipinski definition) is 1. The predicted octanol–water partition coefficient (Wildman–Crippen LogP) is 1.89. The fraction of sp³-hybridized carbons (Fsp3) is 0.625. The quantitative estimate of drug-likeness (QED) is 0.857. The third-order valence-corrected chi connectivity index (χ3v) is 3.30. The second kappa shape index (κ2) is 7.07. The number of nitrogens with zero attached hydrogens (tertiary/aromatic N) is 2. The number of aromatic hydroxyl groups is 1. The van der Waals surface area contributed by atoms with E-state index in [0.29, 0.717) is 26.1 Å². The van der Waals surface area contributed by atoms with Crippen LogP contribution in [0, 0.1) is 0 Å². The van der Waals surface area contributed by atoms with Crippen LogP contribution in [0.2, 0.25) is 0 Å². The van der Waals surface area contributed by atoms with E-state index >= 15 is 0 Å². The molecule has 2 rings (SSSR count). The highest BCUT2D eigenvalue weighted by molar-refractivity contribution is 5.70. The number of hydrogen-bond acceptors (Lipinski definition) is 6. The lowest BCUT2D eigenvalue weighted by atomic mass is 10.1. The number of morpholine rings is 1. The first-order valence-electron chi connectivity index (χ1n) is 7.54. The Morgan fingerprint density at radius 1 is 1.50 bits per heavy atom. The summed E-state index contributed by atoms with van der Waals surface area (Å²) < 4.78 is 11.0. The van der Waals surface area contributed by atoms with E-state index in [1.54, 1.807) is 12.1 Å². The van der Waals surface area contributed by atoms with Gasteiger partial charge in [0.15, 0.2) is 0 Å². The summed E-state index contributed by atoms with van der Waals surface area (Å²) in [4.78, 5) is 18.1. The van der Waals surface area contributed by atoms with Crippen LogP contribution in [0.3, 0.4) is 0 Å². The zero-order chi connectivity index (χ0) is 16.2. The lowest BCUT2D eigenvalue weighted by molar-refractivity contribution is -0.155. The van der Waals surface area contributed by atoms with Crippen LogP contribution in [-0.4, -0.2) is 52.8 Å². The van der Waals surface area contributed by atoms with Crippen LogP contribution in [0.15, 0.2) is 18.3 Å². The highest BCUT2D eigenvalue weighted by Gasteiger charge is 2.24. The van der Waals surface area contributed by atoms with Crippen molar-refractivity contribution in [1.82, 2.24) is 9.88 Å². The third kappa shape index (κ3) is 5.27. The first-order chi connectivity index (χ1) is 10.3. The average Bonchev–Trinajstić information content (AvgIpc) is 2.44. The fourth-order valence-corrected chi connectivity index (χ4v) is 2.31. The van der Waals surface area contributed by atoms with Crippen molar-refractivity contribution in [2.24, 2.45) is 0 Å². The maximum Gasteiger partial charge on any atom is 0.307 e. The van der Waals surface area contributed by atoms with Gasteiger partial charge in [-0.3, -0.25) is 14.7 Å². The Labute approximate surface area is 131 Å². The molecule has 1 aliphatic heterocycles. The monoisotopic (exact) mass is 308 g/mol. The molecular formula is C16H24N2O4. The molecule has 0 saturated carbocycles. The molecular weight excluding hydrogens is 284 g/mol. The average molecular weight is 308 g/mol. The molecule has 1 unspecified atom stereocenters. The summed E-state index contributed by atoms with van der Waals surface area (Å²) in [7, 11) is 0. The molecule has 1 aromatic heterocycles. The lowest BCUT2D eigenvalue weighted by Crippen LogP contribution is -2.40. The zero-order valence-corrected chi connectivity index (χ0v) is 13.4. The Bertz CT molecular complexity index is 496. The van der Waals surface area contributed by atoms with E-state index in [2.05, 4.69) is 9.88 Å². The largest absolute Gasteiger partial charge is 0.506 e. The molecule has 22 heavy (non-hydrogen) atoms. The predicted molar refractivity (Wildman–Crippen MR) is 81.5 cm³/mol. The van der Waals surface area contributed by atoms with Gasteiger partial charge in [-0.15, -0.1) is 0 Å². The Balaban J connectivity index is 1.83. The maximum atomic E-state index is 11.8. The maximum absolute atomic E-state index is 11.8. The van der Waals surface area contributed by atoms with Crippen LogP contribution in [0.1, 0.15) is 39.0 Å². The molecule has 0 spiro atoms.